The molecule has 2 saturated heterocycles. The number of aromatic nitrogens is 1. The molecule has 4 nitrogen and oxygen atoms in total. The van der Waals surface area contributed by atoms with Crippen molar-refractivity contribution in [2.75, 3.05) is 7.05 Å². The first-order valence-electron chi connectivity index (χ1n) is 8.10. The third-order valence-corrected chi connectivity index (χ3v) is 5.45. The van der Waals surface area contributed by atoms with Gasteiger partial charge in [-0.2, -0.15) is 0 Å². The largest absolute Gasteiger partial charge is 0.459 e. The van der Waals surface area contributed by atoms with Crippen LogP contribution in [0.4, 0.5) is 0 Å². The van der Waals surface area contributed by atoms with Gasteiger partial charge in [0.15, 0.2) is 0 Å². The lowest BCUT2D eigenvalue weighted by Crippen LogP contribution is -2.43. The number of fused-ring (bicyclic) bond motifs is 3. The van der Waals surface area contributed by atoms with Gasteiger partial charge < -0.3 is 14.2 Å². The lowest BCUT2D eigenvalue weighted by Gasteiger charge is -2.35. The fraction of sp³-hybridized carbons (Fsp3) is 0.500. The van der Waals surface area contributed by atoms with Crippen molar-refractivity contribution in [2.24, 2.45) is 7.05 Å². The molecule has 4 rings (SSSR count). The van der Waals surface area contributed by atoms with E-state index in [0.717, 1.165) is 23.7 Å². The second kappa shape index (κ2) is 5.13. The van der Waals surface area contributed by atoms with E-state index < -0.39 is 0 Å². The lowest BCUT2D eigenvalue weighted by molar-refractivity contribution is -0.000279. The Labute approximate surface area is 130 Å². The first-order valence-corrected chi connectivity index (χ1v) is 8.10. The minimum atomic E-state index is -0.175. The molecule has 0 radical (unpaired) electrons. The van der Waals surface area contributed by atoms with Crippen LogP contribution in [0.5, 0.6) is 0 Å². The van der Waals surface area contributed by atoms with E-state index in [4.69, 9.17) is 4.74 Å². The summed E-state index contributed by atoms with van der Waals surface area (Å²) >= 11 is 0. The quantitative estimate of drug-likeness (QED) is 0.800. The number of ether oxygens (including phenoxy) is 1. The molecule has 1 aromatic carbocycles. The zero-order valence-corrected chi connectivity index (χ0v) is 13.2. The van der Waals surface area contributed by atoms with Gasteiger partial charge in [0.1, 0.15) is 6.10 Å². The minimum absolute atomic E-state index is 0.0696. The van der Waals surface area contributed by atoms with Gasteiger partial charge in [0, 0.05) is 49.1 Å². The average molecular weight is 298 g/mol. The van der Waals surface area contributed by atoms with Crippen molar-refractivity contribution in [3.05, 3.63) is 36.0 Å². The van der Waals surface area contributed by atoms with Crippen molar-refractivity contribution >= 4 is 16.9 Å². The molecule has 116 valence electrons. The summed E-state index contributed by atoms with van der Waals surface area (Å²) in [5.74, 6) is -0.175. The smallest absolute Gasteiger partial charge is 0.340 e. The monoisotopic (exact) mass is 298 g/mol. The Kier molecular flexibility index (Phi) is 3.22. The molecule has 1 aromatic heterocycles. The van der Waals surface area contributed by atoms with Crippen LogP contribution >= 0.6 is 0 Å². The van der Waals surface area contributed by atoms with E-state index in [0.29, 0.717) is 17.6 Å². The molecule has 0 N–H and O–H groups in total. The second-order valence-electron chi connectivity index (χ2n) is 6.72. The molecule has 3 heterocycles. The zero-order valence-electron chi connectivity index (χ0n) is 13.2. The van der Waals surface area contributed by atoms with E-state index in [1.165, 1.54) is 12.8 Å². The first kappa shape index (κ1) is 13.8. The van der Waals surface area contributed by atoms with Crippen LogP contribution in [0.3, 0.4) is 0 Å². The summed E-state index contributed by atoms with van der Waals surface area (Å²) in [6.07, 6.45) is 6.39. The van der Waals surface area contributed by atoms with Gasteiger partial charge >= 0.3 is 5.97 Å². The maximum atomic E-state index is 12.6. The molecule has 2 bridgehead atoms. The number of piperidine rings is 1. The summed E-state index contributed by atoms with van der Waals surface area (Å²) < 4.78 is 7.84. The van der Waals surface area contributed by atoms with Gasteiger partial charge in [-0.3, -0.25) is 0 Å². The topological polar surface area (TPSA) is 34.5 Å². The summed E-state index contributed by atoms with van der Waals surface area (Å²) in [4.78, 5) is 15.1. The number of rotatable bonds is 2. The minimum Gasteiger partial charge on any atom is -0.459 e. The highest BCUT2D eigenvalue weighted by atomic mass is 16.5. The molecule has 0 aliphatic carbocycles. The normalized spacial score (nSPS) is 28.2. The van der Waals surface area contributed by atoms with E-state index >= 15 is 0 Å². The Balaban J connectivity index is 1.55. The fourth-order valence-electron chi connectivity index (χ4n) is 4.18. The lowest BCUT2D eigenvalue weighted by atomic mass is 10.0. The summed E-state index contributed by atoms with van der Waals surface area (Å²) in [5, 5.41) is 0.978. The number of carbonyl (C=O) groups excluding carboxylic acids is 1. The molecule has 2 fully saturated rings. The van der Waals surface area contributed by atoms with Crippen molar-refractivity contribution in [1.29, 1.82) is 0 Å². The molecular weight excluding hydrogens is 276 g/mol. The molecule has 1 unspecified atom stereocenters. The van der Waals surface area contributed by atoms with E-state index in [-0.39, 0.29) is 12.1 Å². The van der Waals surface area contributed by atoms with Crippen LogP contribution in [0.25, 0.3) is 10.9 Å². The third kappa shape index (κ3) is 2.13. The average Bonchev–Trinajstić information content (AvgIpc) is 2.93. The number of carbonyl (C=O) groups is 1. The van der Waals surface area contributed by atoms with E-state index in [1.54, 1.807) is 0 Å². The predicted octanol–water partition coefficient (Wildman–Crippen LogP) is 2.96. The van der Waals surface area contributed by atoms with Crippen LogP contribution in [0.15, 0.2) is 30.5 Å². The van der Waals surface area contributed by atoms with Crippen molar-refractivity contribution in [3.8, 4) is 0 Å². The van der Waals surface area contributed by atoms with Crippen LogP contribution in [0, 0.1) is 0 Å². The Morgan fingerprint density at radius 3 is 2.55 bits per heavy atom. The molecule has 2 aliphatic rings. The summed E-state index contributed by atoms with van der Waals surface area (Å²) in [6.45, 7) is 0. The standard InChI is InChI=1S/C18H22N2O2/c1-19-11-16(15-5-3-4-6-17(15)19)18(21)22-14-9-12-7-8-13(10-14)20(12)2/h3-6,11-14H,7-10H2,1-2H3/t12-,13?,14+/m0/s1. The van der Waals surface area contributed by atoms with Gasteiger partial charge in [0.2, 0.25) is 0 Å². The van der Waals surface area contributed by atoms with E-state index in [9.17, 15) is 4.79 Å². The van der Waals surface area contributed by atoms with Crippen LogP contribution in [0.1, 0.15) is 36.0 Å². The van der Waals surface area contributed by atoms with Crippen LogP contribution in [0.2, 0.25) is 0 Å². The molecule has 0 saturated carbocycles. The van der Waals surface area contributed by atoms with Crippen molar-refractivity contribution in [3.63, 3.8) is 0 Å². The maximum Gasteiger partial charge on any atom is 0.340 e. The Morgan fingerprint density at radius 2 is 1.82 bits per heavy atom. The number of benzene rings is 1. The number of esters is 1. The van der Waals surface area contributed by atoms with Crippen LogP contribution in [-0.4, -0.2) is 40.7 Å². The zero-order chi connectivity index (χ0) is 15.3. The van der Waals surface area contributed by atoms with Gasteiger partial charge in [-0.25, -0.2) is 4.79 Å². The van der Waals surface area contributed by atoms with Gasteiger partial charge in [-0.15, -0.1) is 0 Å². The maximum absolute atomic E-state index is 12.6. The van der Waals surface area contributed by atoms with Gasteiger partial charge in [0.25, 0.3) is 0 Å². The van der Waals surface area contributed by atoms with Crippen molar-refractivity contribution in [1.82, 2.24) is 9.47 Å². The molecule has 0 spiro atoms. The molecule has 0 amide bonds. The Morgan fingerprint density at radius 1 is 1.14 bits per heavy atom. The second-order valence-corrected chi connectivity index (χ2v) is 6.72. The number of hydrogen-bond acceptors (Lipinski definition) is 3. The SMILES string of the molecule is CN1C2CC[C@H]1C[C@@H](OC(=O)c1cn(C)c3ccccc13)C2. The third-order valence-electron chi connectivity index (χ3n) is 5.45. The first-order chi connectivity index (χ1) is 10.6. The number of nitrogens with zero attached hydrogens (tertiary/aromatic N) is 2. The predicted molar refractivity (Wildman–Crippen MR) is 85.9 cm³/mol. The van der Waals surface area contributed by atoms with Gasteiger partial charge in [-0.1, -0.05) is 18.2 Å². The van der Waals surface area contributed by atoms with Gasteiger partial charge in [0.05, 0.1) is 5.56 Å². The summed E-state index contributed by atoms with van der Waals surface area (Å²) in [7, 11) is 4.17. The highest BCUT2D eigenvalue weighted by Gasteiger charge is 2.40. The van der Waals surface area contributed by atoms with Crippen LogP contribution in [-0.2, 0) is 11.8 Å². The van der Waals surface area contributed by atoms with E-state index in [2.05, 4.69) is 11.9 Å². The van der Waals surface area contributed by atoms with Crippen molar-refractivity contribution < 1.29 is 9.53 Å². The molecule has 2 aliphatic heterocycles. The molecule has 3 atom stereocenters. The molecule has 22 heavy (non-hydrogen) atoms. The number of para-hydroxylation sites is 1. The highest BCUT2D eigenvalue weighted by molar-refractivity contribution is 6.04. The Hall–Kier alpha value is -1.81. The van der Waals surface area contributed by atoms with Gasteiger partial charge in [-0.05, 0) is 26.0 Å². The molecular formula is C18H22N2O2. The van der Waals surface area contributed by atoms with Crippen molar-refractivity contribution in [2.45, 2.75) is 43.9 Å². The highest BCUT2D eigenvalue weighted by Crippen LogP contribution is 2.36. The molecule has 2 aromatic rings. The van der Waals surface area contributed by atoms with Crippen LogP contribution < -0.4 is 0 Å². The van der Waals surface area contributed by atoms with E-state index in [1.807, 2.05) is 42.1 Å². The summed E-state index contributed by atoms with van der Waals surface area (Å²) in [5.41, 5.74) is 1.75. The number of aryl methyl sites for hydroxylation is 1. The summed E-state index contributed by atoms with van der Waals surface area (Å²) in [6, 6.07) is 9.15. The Bertz CT molecular complexity index is 707. The fourth-order valence-corrected chi connectivity index (χ4v) is 4.18. The number of hydrogen-bond donors (Lipinski definition) is 0. The molecule has 4 heteroatoms.